The first kappa shape index (κ1) is 34.7. The second kappa shape index (κ2) is 14.2. The van der Waals surface area contributed by atoms with Gasteiger partial charge in [0.15, 0.2) is 0 Å². The number of fused-ring (bicyclic) bond motifs is 3. The fourth-order valence-corrected chi connectivity index (χ4v) is 8.46. The molecule has 0 radical (unpaired) electrons. The zero-order chi connectivity index (χ0) is 37.4. The van der Waals surface area contributed by atoms with E-state index in [1.807, 2.05) is 102 Å². The first-order valence-electron chi connectivity index (χ1n) is 17.7. The van der Waals surface area contributed by atoms with Gasteiger partial charge in [0.25, 0.3) is 0 Å². The topological polar surface area (TPSA) is 140 Å². The Labute approximate surface area is 312 Å². The molecule has 4 N–H and O–H groups in total. The number of esters is 1. The van der Waals surface area contributed by atoms with Crippen LogP contribution >= 0.6 is 0 Å². The highest BCUT2D eigenvalue weighted by molar-refractivity contribution is 6.12. The number of morpholine rings is 1. The molecule has 1 spiro atoms. The van der Waals surface area contributed by atoms with Gasteiger partial charge in [-0.1, -0.05) is 84.6 Å². The molecule has 270 valence electrons. The quantitative estimate of drug-likeness (QED) is 0.147. The molecule has 6 atom stereocenters. The molecule has 0 saturated carbocycles. The maximum Gasteiger partial charge on any atom is 0.324 e. The van der Waals surface area contributed by atoms with Gasteiger partial charge >= 0.3 is 5.97 Å². The Hall–Kier alpha value is -6.41. The predicted octanol–water partition coefficient (Wildman–Crippen LogP) is 5.22. The lowest BCUT2D eigenvalue weighted by atomic mass is 9.65. The van der Waals surface area contributed by atoms with Crippen LogP contribution in [-0.4, -0.2) is 54.2 Å². The second-order valence-electron chi connectivity index (χ2n) is 13.5. The fraction of sp³-hybridized carbons (Fsp3) is 0.205. The zero-order valence-corrected chi connectivity index (χ0v) is 29.3. The van der Waals surface area contributed by atoms with Crippen molar-refractivity contribution in [1.82, 2.24) is 4.90 Å². The van der Waals surface area contributed by atoms with Crippen molar-refractivity contribution >= 4 is 23.5 Å². The number of carbonyl (C=O) groups excluding carboxylic acids is 3. The van der Waals surface area contributed by atoms with Gasteiger partial charge in [0.1, 0.15) is 35.7 Å². The summed E-state index contributed by atoms with van der Waals surface area (Å²) in [7, 11) is 1.60. The van der Waals surface area contributed by atoms with Crippen LogP contribution in [0.3, 0.4) is 0 Å². The minimum absolute atomic E-state index is 0.0457. The van der Waals surface area contributed by atoms with Gasteiger partial charge < -0.3 is 30.4 Å². The number of aliphatic hydroxyl groups excluding tert-OH is 1. The maximum atomic E-state index is 15.0. The first-order chi connectivity index (χ1) is 26.3. The number of hydrogen-bond acceptors (Lipinski definition) is 8. The van der Waals surface area contributed by atoms with Crippen LogP contribution in [0.1, 0.15) is 51.6 Å². The summed E-state index contributed by atoms with van der Waals surface area (Å²) in [5.74, 6) is 4.25. The van der Waals surface area contributed by atoms with E-state index in [9.17, 15) is 19.5 Å². The normalized spacial score (nSPS) is 24.1. The number of primary amides is 1. The minimum Gasteiger partial charge on any atom is -0.497 e. The second-order valence-corrected chi connectivity index (χ2v) is 13.5. The number of anilines is 1. The van der Waals surface area contributed by atoms with Crippen LogP contribution in [0.2, 0.25) is 0 Å². The number of nitrogens with one attached hydrogen (secondary N) is 1. The molecule has 5 aromatic rings. The number of nitrogens with two attached hydrogens (primary N) is 1. The highest BCUT2D eigenvalue weighted by atomic mass is 16.6. The van der Waals surface area contributed by atoms with Crippen LogP contribution in [-0.2, 0) is 24.5 Å². The van der Waals surface area contributed by atoms with Gasteiger partial charge in [-0.2, -0.15) is 0 Å². The highest BCUT2D eigenvalue weighted by Gasteiger charge is 2.73. The number of carbonyl (C=O) groups is 3. The molecular formula is C44H37N3O7. The number of cyclic esters (lactones) is 1. The average Bonchev–Trinajstić information content (AvgIpc) is 3.69. The molecule has 2 saturated heterocycles. The van der Waals surface area contributed by atoms with Crippen molar-refractivity contribution in [3.05, 3.63) is 161 Å². The number of amides is 2. The van der Waals surface area contributed by atoms with Gasteiger partial charge in [-0.25, -0.2) is 0 Å². The molecule has 5 aromatic carbocycles. The molecule has 2 fully saturated rings. The molecule has 8 rings (SSSR count). The monoisotopic (exact) mass is 719 g/mol. The van der Waals surface area contributed by atoms with E-state index in [1.165, 1.54) is 0 Å². The summed E-state index contributed by atoms with van der Waals surface area (Å²) in [5.41, 5.74) is 9.16. The third kappa shape index (κ3) is 5.75. The van der Waals surface area contributed by atoms with Crippen LogP contribution in [0, 0.1) is 17.8 Å². The zero-order valence-electron chi connectivity index (χ0n) is 29.3. The van der Waals surface area contributed by atoms with E-state index in [1.54, 1.807) is 37.4 Å². The van der Waals surface area contributed by atoms with Crippen LogP contribution in [0.25, 0.3) is 0 Å². The number of ether oxygens (including phenoxy) is 3. The van der Waals surface area contributed by atoms with E-state index < -0.39 is 53.3 Å². The molecule has 3 aliphatic rings. The van der Waals surface area contributed by atoms with Gasteiger partial charge in [0.2, 0.25) is 11.8 Å². The van der Waals surface area contributed by atoms with E-state index in [4.69, 9.17) is 19.9 Å². The van der Waals surface area contributed by atoms with Gasteiger partial charge in [-0.05, 0) is 76.9 Å². The smallest absolute Gasteiger partial charge is 0.324 e. The summed E-state index contributed by atoms with van der Waals surface area (Å²) in [6.07, 6.45) is -0.803. The summed E-state index contributed by atoms with van der Waals surface area (Å²) >= 11 is 0. The van der Waals surface area contributed by atoms with Crippen LogP contribution < -0.4 is 20.5 Å². The summed E-state index contributed by atoms with van der Waals surface area (Å²) < 4.78 is 17.5. The molecule has 3 heterocycles. The third-order valence-corrected chi connectivity index (χ3v) is 10.6. The number of aliphatic hydroxyl groups is 1. The van der Waals surface area contributed by atoms with E-state index in [0.717, 1.165) is 16.7 Å². The molecule has 3 aliphatic heterocycles. The Balaban J connectivity index is 1.38. The summed E-state index contributed by atoms with van der Waals surface area (Å²) in [6.45, 7) is -0.156. The SMILES string of the molecule is COc1ccc(C#Cc2ccc3c(c2)[C@]2(C(=O)N3)[C@H](c3cccc(OCCO)c3)N3[C@H](c4ccccc4)[C@H](c4ccccc4)OC(=O)[C@H]3[C@@H]2C(N)=O)cc1. The molecule has 0 bridgehead atoms. The Morgan fingerprint density at radius 3 is 2.17 bits per heavy atom. The van der Waals surface area contributed by atoms with Crippen molar-refractivity contribution < 1.29 is 33.7 Å². The van der Waals surface area contributed by atoms with Gasteiger partial charge in [0, 0.05) is 16.8 Å². The highest BCUT2D eigenvalue weighted by Crippen LogP contribution is 2.64. The van der Waals surface area contributed by atoms with Crippen molar-refractivity contribution in [3.8, 4) is 23.3 Å². The van der Waals surface area contributed by atoms with Crippen molar-refractivity contribution in [3.63, 3.8) is 0 Å². The van der Waals surface area contributed by atoms with Gasteiger partial charge in [0.05, 0.1) is 31.7 Å². The van der Waals surface area contributed by atoms with E-state index >= 15 is 0 Å². The maximum absolute atomic E-state index is 15.0. The average molecular weight is 720 g/mol. The lowest BCUT2D eigenvalue weighted by Crippen LogP contribution is -2.53. The van der Waals surface area contributed by atoms with Crippen molar-refractivity contribution in [2.24, 2.45) is 11.7 Å². The van der Waals surface area contributed by atoms with Crippen LogP contribution in [0.15, 0.2) is 127 Å². The summed E-state index contributed by atoms with van der Waals surface area (Å²) in [4.78, 5) is 45.6. The Morgan fingerprint density at radius 1 is 0.815 bits per heavy atom. The van der Waals surface area contributed by atoms with E-state index in [-0.39, 0.29) is 13.2 Å². The Bertz CT molecular complexity index is 2290. The molecule has 0 aliphatic carbocycles. The standard InChI is InChI=1S/C44H37N3O7/c1-52-32-20-17-27(18-21-32)15-16-28-19-22-35-34(25-28)44(43(51)46-35)36(41(45)49)38-42(50)54-39(30-11-6-3-7-12-30)37(29-9-4-2-5-10-29)47(38)40(44)31-13-8-14-33(26-31)53-24-23-48/h2-14,17-22,25-26,36-40,48H,23-24H2,1H3,(H2,45,49)(H,46,51)/t36-,37-,38-,39+,40+,44-/m1/s1. The number of methoxy groups -OCH3 is 1. The van der Waals surface area contributed by atoms with Gasteiger partial charge in [-0.15, -0.1) is 0 Å². The molecule has 10 nitrogen and oxygen atoms in total. The van der Waals surface area contributed by atoms with Crippen molar-refractivity contribution in [2.45, 2.75) is 29.6 Å². The lowest BCUT2D eigenvalue weighted by Gasteiger charge is -2.46. The number of benzene rings is 5. The third-order valence-electron chi connectivity index (χ3n) is 10.6. The van der Waals surface area contributed by atoms with E-state index in [0.29, 0.717) is 33.9 Å². The molecular weight excluding hydrogens is 682 g/mol. The number of rotatable bonds is 8. The fourth-order valence-electron chi connectivity index (χ4n) is 8.46. The van der Waals surface area contributed by atoms with Crippen molar-refractivity contribution in [1.29, 1.82) is 0 Å². The van der Waals surface area contributed by atoms with E-state index in [2.05, 4.69) is 17.2 Å². The Kier molecular flexibility index (Phi) is 9.11. The predicted molar refractivity (Wildman–Crippen MR) is 200 cm³/mol. The molecule has 0 aromatic heterocycles. The largest absolute Gasteiger partial charge is 0.497 e. The van der Waals surface area contributed by atoms with Crippen LogP contribution in [0.4, 0.5) is 5.69 Å². The van der Waals surface area contributed by atoms with Crippen molar-refractivity contribution in [2.75, 3.05) is 25.6 Å². The molecule has 10 heteroatoms. The summed E-state index contributed by atoms with van der Waals surface area (Å²) in [6, 6.07) is 36.2. The number of nitrogens with zero attached hydrogens (tertiary/aromatic N) is 1. The lowest BCUT2D eigenvalue weighted by molar-refractivity contribution is -0.178. The first-order valence-corrected chi connectivity index (χ1v) is 17.7. The summed E-state index contributed by atoms with van der Waals surface area (Å²) in [5, 5.41) is 12.6. The number of hydrogen-bond donors (Lipinski definition) is 3. The molecule has 54 heavy (non-hydrogen) atoms. The minimum atomic E-state index is -1.71. The molecule has 0 unspecified atom stereocenters. The van der Waals surface area contributed by atoms with Crippen LogP contribution in [0.5, 0.6) is 11.5 Å². The van der Waals surface area contributed by atoms with Gasteiger partial charge in [-0.3, -0.25) is 19.3 Å². The Morgan fingerprint density at radius 2 is 1.48 bits per heavy atom. The molecule has 2 amide bonds.